The third kappa shape index (κ3) is 2.59. The van der Waals surface area contributed by atoms with Crippen molar-refractivity contribution in [3.63, 3.8) is 0 Å². The molecule has 2 heteroatoms. The van der Waals surface area contributed by atoms with Crippen molar-refractivity contribution in [3.05, 3.63) is 34.4 Å². The summed E-state index contributed by atoms with van der Waals surface area (Å²) in [6.07, 6.45) is 0. The van der Waals surface area contributed by atoms with Crippen LogP contribution in [0.3, 0.4) is 0 Å². The van der Waals surface area contributed by atoms with Crippen LogP contribution in [0, 0.1) is 20.8 Å². The Balaban J connectivity index is 0.000000791. The van der Waals surface area contributed by atoms with Crippen LogP contribution in [-0.2, 0) is 0 Å². The number of benzene rings is 1. The lowest BCUT2D eigenvalue weighted by Gasteiger charge is -2.06. The zero-order valence-corrected chi connectivity index (χ0v) is 9.51. The summed E-state index contributed by atoms with van der Waals surface area (Å²) in [5.41, 5.74) is 3.47. The average Bonchev–Trinajstić information content (AvgIpc) is 2.17. The number of carbonyl (C=O) groups is 1. The maximum atomic E-state index is 10.7. The molecule has 0 amide bonds. The van der Waals surface area contributed by atoms with E-state index in [1.165, 1.54) is 0 Å². The lowest BCUT2D eigenvalue weighted by molar-refractivity contribution is 0.0696. The third-order valence-electron chi connectivity index (χ3n) is 2.29. The molecule has 0 atom stereocenters. The molecule has 0 radical (unpaired) electrons. The van der Waals surface area contributed by atoms with Crippen LogP contribution in [-0.4, -0.2) is 11.1 Å². The highest BCUT2D eigenvalue weighted by Gasteiger charge is 2.08. The minimum absolute atomic E-state index is 0.401. The van der Waals surface area contributed by atoms with Crippen molar-refractivity contribution in [3.8, 4) is 0 Å². The largest absolute Gasteiger partial charge is 0.478 e. The molecule has 14 heavy (non-hydrogen) atoms. The number of carboxylic acids is 1. The highest BCUT2D eigenvalue weighted by molar-refractivity contribution is 5.89. The van der Waals surface area contributed by atoms with Crippen molar-refractivity contribution in [2.24, 2.45) is 0 Å². The van der Waals surface area contributed by atoms with Crippen LogP contribution in [0.2, 0.25) is 0 Å². The second-order valence-electron chi connectivity index (χ2n) is 2.99. The van der Waals surface area contributed by atoms with Gasteiger partial charge in [-0.15, -0.1) is 0 Å². The van der Waals surface area contributed by atoms with E-state index >= 15 is 0 Å². The van der Waals surface area contributed by atoms with Crippen molar-refractivity contribution >= 4 is 5.97 Å². The maximum Gasteiger partial charge on any atom is 0.335 e. The fourth-order valence-electron chi connectivity index (χ4n) is 1.19. The van der Waals surface area contributed by atoms with Crippen LogP contribution in [0.25, 0.3) is 0 Å². The Morgan fingerprint density at radius 2 is 1.57 bits per heavy atom. The van der Waals surface area contributed by atoms with Gasteiger partial charge >= 0.3 is 5.97 Å². The molecule has 0 fully saturated rings. The lowest BCUT2D eigenvalue weighted by atomic mass is 9.99. The van der Waals surface area contributed by atoms with Gasteiger partial charge in [-0.1, -0.05) is 19.9 Å². The second-order valence-corrected chi connectivity index (χ2v) is 2.99. The zero-order valence-electron chi connectivity index (χ0n) is 9.51. The Kier molecular flexibility index (Phi) is 4.92. The number of aryl methyl sites for hydroxylation is 1. The fourth-order valence-corrected chi connectivity index (χ4v) is 1.19. The Morgan fingerprint density at radius 3 is 2.00 bits per heavy atom. The predicted octanol–water partition coefficient (Wildman–Crippen LogP) is 3.34. The number of hydrogen-bond donors (Lipinski definition) is 1. The molecule has 0 heterocycles. The van der Waals surface area contributed by atoms with Gasteiger partial charge in [0.2, 0.25) is 0 Å². The summed E-state index contributed by atoms with van der Waals surface area (Å²) in [6.45, 7) is 9.76. The second kappa shape index (κ2) is 5.43. The molecule has 0 aromatic heterocycles. The topological polar surface area (TPSA) is 37.3 Å². The van der Waals surface area contributed by atoms with E-state index in [1.807, 2.05) is 40.7 Å². The Hall–Kier alpha value is -1.31. The Morgan fingerprint density at radius 1 is 1.07 bits per heavy atom. The number of rotatable bonds is 1. The van der Waals surface area contributed by atoms with Crippen LogP contribution in [0.1, 0.15) is 40.9 Å². The number of carboxylic acid groups (broad SMARTS) is 1. The van der Waals surface area contributed by atoms with Gasteiger partial charge in [-0.3, -0.25) is 0 Å². The molecule has 0 saturated heterocycles. The lowest BCUT2D eigenvalue weighted by Crippen LogP contribution is -2.01. The molecule has 0 aliphatic rings. The number of aromatic carboxylic acids is 1. The first kappa shape index (κ1) is 12.7. The van der Waals surface area contributed by atoms with E-state index in [0.29, 0.717) is 5.56 Å². The van der Waals surface area contributed by atoms with E-state index in [9.17, 15) is 4.79 Å². The van der Waals surface area contributed by atoms with Crippen molar-refractivity contribution in [2.45, 2.75) is 34.6 Å². The third-order valence-corrected chi connectivity index (χ3v) is 2.29. The van der Waals surface area contributed by atoms with E-state index < -0.39 is 5.97 Å². The zero-order chi connectivity index (χ0) is 11.3. The summed E-state index contributed by atoms with van der Waals surface area (Å²) in [4.78, 5) is 10.7. The minimum Gasteiger partial charge on any atom is -0.478 e. The first-order valence-corrected chi connectivity index (χ1v) is 4.84. The van der Waals surface area contributed by atoms with Crippen LogP contribution in [0.15, 0.2) is 12.1 Å². The van der Waals surface area contributed by atoms with Gasteiger partial charge < -0.3 is 5.11 Å². The summed E-state index contributed by atoms with van der Waals surface area (Å²) in [5.74, 6) is -0.851. The van der Waals surface area contributed by atoms with Crippen LogP contribution < -0.4 is 0 Å². The van der Waals surface area contributed by atoms with E-state index in [-0.39, 0.29) is 0 Å². The molecule has 1 N–H and O–H groups in total. The monoisotopic (exact) mass is 194 g/mol. The summed E-state index contributed by atoms with van der Waals surface area (Å²) in [7, 11) is 0. The molecular formula is C12H18O2. The molecule has 0 aliphatic heterocycles. The summed E-state index contributed by atoms with van der Waals surface area (Å²) >= 11 is 0. The summed E-state index contributed by atoms with van der Waals surface area (Å²) in [6, 6.07) is 3.49. The average molecular weight is 194 g/mol. The van der Waals surface area contributed by atoms with Crippen LogP contribution in [0.5, 0.6) is 0 Å². The van der Waals surface area contributed by atoms with Gasteiger partial charge in [0.05, 0.1) is 5.56 Å². The van der Waals surface area contributed by atoms with E-state index in [4.69, 9.17) is 5.11 Å². The molecule has 1 aromatic rings. The van der Waals surface area contributed by atoms with Gasteiger partial charge in [0.15, 0.2) is 0 Å². The van der Waals surface area contributed by atoms with Gasteiger partial charge in [0, 0.05) is 0 Å². The maximum absolute atomic E-state index is 10.7. The van der Waals surface area contributed by atoms with Crippen molar-refractivity contribution in [1.82, 2.24) is 0 Å². The van der Waals surface area contributed by atoms with Gasteiger partial charge in [-0.05, 0) is 43.5 Å². The predicted molar refractivity (Wildman–Crippen MR) is 59.0 cm³/mol. The Labute approximate surface area is 85.6 Å². The highest BCUT2D eigenvalue weighted by Crippen LogP contribution is 2.16. The molecule has 0 bridgehead atoms. The van der Waals surface area contributed by atoms with Gasteiger partial charge in [-0.2, -0.15) is 0 Å². The van der Waals surface area contributed by atoms with Crippen molar-refractivity contribution < 1.29 is 9.90 Å². The summed E-state index contributed by atoms with van der Waals surface area (Å²) < 4.78 is 0. The summed E-state index contributed by atoms with van der Waals surface area (Å²) in [5, 5.41) is 8.78. The normalized spacial score (nSPS) is 8.93. The molecular weight excluding hydrogens is 176 g/mol. The molecule has 0 spiro atoms. The number of hydrogen-bond acceptors (Lipinski definition) is 1. The smallest absolute Gasteiger partial charge is 0.335 e. The minimum atomic E-state index is -0.851. The van der Waals surface area contributed by atoms with Crippen LogP contribution >= 0.6 is 0 Å². The SMILES string of the molecule is CC.Cc1ccc(C(=O)O)c(C)c1C. The van der Waals surface area contributed by atoms with Gasteiger partial charge in [0.25, 0.3) is 0 Å². The first-order chi connectivity index (χ1) is 6.54. The first-order valence-electron chi connectivity index (χ1n) is 4.84. The molecule has 0 saturated carbocycles. The van der Waals surface area contributed by atoms with Gasteiger partial charge in [0.1, 0.15) is 0 Å². The molecule has 1 rings (SSSR count). The van der Waals surface area contributed by atoms with E-state index in [1.54, 1.807) is 6.07 Å². The van der Waals surface area contributed by atoms with Crippen molar-refractivity contribution in [1.29, 1.82) is 0 Å². The quantitative estimate of drug-likeness (QED) is 0.744. The molecule has 0 aliphatic carbocycles. The fraction of sp³-hybridized carbons (Fsp3) is 0.417. The van der Waals surface area contributed by atoms with Gasteiger partial charge in [-0.25, -0.2) is 4.79 Å². The standard InChI is InChI=1S/C10H12O2.C2H6/c1-6-4-5-9(10(11)12)8(3)7(6)2;1-2/h4-5H,1-3H3,(H,11,12);1-2H3. The highest BCUT2D eigenvalue weighted by atomic mass is 16.4. The molecule has 78 valence electrons. The Bertz CT molecular complexity index is 327. The molecule has 0 unspecified atom stereocenters. The van der Waals surface area contributed by atoms with E-state index in [2.05, 4.69) is 0 Å². The molecule has 1 aromatic carbocycles. The molecule has 2 nitrogen and oxygen atoms in total. The van der Waals surface area contributed by atoms with Crippen LogP contribution in [0.4, 0.5) is 0 Å². The van der Waals surface area contributed by atoms with Crippen molar-refractivity contribution in [2.75, 3.05) is 0 Å². The van der Waals surface area contributed by atoms with E-state index in [0.717, 1.165) is 16.7 Å².